The van der Waals surface area contributed by atoms with Crippen LogP contribution in [0.4, 0.5) is 0 Å². The monoisotopic (exact) mass is 417 g/mol. The summed E-state index contributed by atoms with van der Waals surface area (Å²) in [5.74, 6) is 1.81. The SMILES string of the molecule is CN=C(NCC1(C)COC1)NC1CCOc2ccccc21.I. The number of rotatable bonds is 3. The minimum Gasteiger partial charge on any atom is -0.493 e. The molecule has 0 amide bonds. The molecule has 0 spiro atoms. The zero-order valence-corrected chi connectivity index (χ0v) is 15.4. The van der Waals surface area contributed by atoms with Crippen LogP contribution in [0.1, 0.15) is 24.9 Å². The van der Waals surface area contributed by atoms with Crippen LogP contribution in [0.25, 0.3) is 0 Å². The van der Waals surface area contributed by atoms with Crippen molar-refractivity contribution in [1.29, 1.82) is 0 Å². The number of halogens is 1. The molecule has 2 aliphatic heterocycles. The maximum atomic E-state index is 5.69. The smallest absolute Gasteiger partial charge is 0.191 e. The molecule has 1 fully saturated rings. The number of benzene rings is 1. The Bertz CT molecular complexity index is 532. The lowest BCUT2D eigenvalue weighted by molar-refractivity contribution is -0.0971. The highest BCUT2D eigenvalue weighted by Crippen LogP contribution is 2.31. The Kier molecular flexibility index (Phi) is 5.91. The molecule has 22 heavy (non-hydrogen) atoms. The summed E-state index contributed by atoms with van der Waals surface area (Å²) in [6.45, 7) is 5.46. The summed E-state index contributed by atoms with van der Waals surface area (Å²) in [6.07, 6.45) is 0.943. The van der Waals surface area contributed by atoms with E-state index in [2.05, 4.69) is 28.6 Å². The molecule has 1 aromatic carbocycles. The molecule has 3 rings (SSSR count). The summed E-state index contributed by atoms with van der Waals surface area (Å²) >= 11 is 0. The van der Waals surface area contributed by atoms with Crippen molar-refractivity contribution < 1.29 is 9.47 Å². The van der Waals surface area contributed by atoms with E-state index in [1.807, 2.05) is 18.2 Å². The highest BCUT2D eigenvalue weighted by molar-refractivity contribution is 14.0. The van der Waals surface area contributed by atoms with Gasteiger partial charge in [0.15, 0.2) is 5.96 Å². The van der Waals surface area contributed by atoms with Crippen LogP contribution in [-0.4, -0.2) is 39.4 Å². The van der Waals surface area contributed by atoms with Crippen molar-refractivity contribution >= 4 is 29.9 Å². The first-order valence-corrected chi connectivity index (χ1v) is 7.47. The third-order valence-corrected chi connectivity index (χ3v) is 4.08. The van der Waals surface area contributed by atoms with Crippen LogP contribution in [0.15, 0.2) is 29.3 Å². The van der Waals surface area contributed by atoms with Crippen molar-refractivity contribution in [3.05, 3.63) is 29.8 Å². The predicted molar refractivity (Wildman–Crippen MR) is 98.1 cm³/mol. The van der Waals surface area contributed by atoms with Crippen LogP contribution in [0.3, 0.4) is 0 Å². The molecule has 0 bridgehead atoms. The Morgan fingerprint density at radius 3 is 2.82 bits per heavy atom. The maximum absolute atomic E-state index is 5.69. The lowest BCUT2D eigenvalue weighted by Crippen LogP contribution is -2.51. The van der Waals surface area contributed by atoms with Gasteiger partial charge in [0.1, 0.15) is 5.75 Å². The largest absolute Gasteiger partial charge is 0.493 e. The van der Waals surface area contributed by atoms with Crippen LogP contribution in [0.2, 0.25) is 0 Å². The Labute approximate surface area is 148 Å². The van der Waals surface area contributed by atoms with Gasteiger partial charge in [0, 0.05) is 31.0 Å². The van der Waals surface area contributed by atoms with Gasteiger partial charge in [-0.3, -0.25) is 4.99 Å². The number of fused-ring (bicyclic) bond motifs is 1. The fraction of sp³-hybridized carbons (Fsp3) is 0.562. The standard InChI is InChI=1S/C16H23N3O2.HI/c1-16(10-20-11-16)9-18-15(17-2)19-13-7-8-21-14-6-4-3-5-12(13)14;/h3-6,13H,7-11H2,1-2H3,(H2,17,18,19);1H. The summed E-state index contributed by atoms with van der Waals surface area (Å²) < 4.78 is 11.0. The van der Waals surface area contributed by atoms with Gasteiger partial charge in [-0.25, -0.2) is 0 Å². The van der Waals surface area contributed by atoms with Crippen molar-refractivity contribution in [3.8, 4) is 5.75 Å². The van der Waals surface area contributed by atoms with Crippen LogP contribution >= 0.6 is 24.0 Å². The minimum absolute atomic E-state index is 0. The van der Waals surface area contributed by atoms with Crippen molar-refractivity contribution in [2.75, 3.05) is 33.4 Å². The number of para-hydroxylation sites is 1. The molecule has 1 unspecified atom stereocenters. The first-order chi connectivity index (χ1) is 10.2. The van der Waals surface area contributed by atoms with Gasteiger partial charge in [0.25, 0.3) is 0 Å². The zero-order valence-electron chi connectivity index (χ0n) is 13.1. The van der Waals surface area contributed by atoms with Gasteiger partial charge in [0.2, 0.25) is 0 Å². The molecule has 5 nitrogen and oxygen atoms in total. The number of hydrogen-bond acceptors (Lipinski definition) is 3. The Hall–Kier alpha value is -1.02. The highest BCUT2D eigenvalue weighted by atomic mass is 127. The van der Waals surface area contributed by atoms with E-state index >= 15 is 0 Å². The quantitative estimate of drug-likeness (QED) is 0.451. The lowest BCUT2D eigenvalue weighted by atomic mass is 9.89. The predicted octanol–water partition coefficient (Wildman–Crippen LogP) is 2.33. The molecule has 0 aliphatic carbocycles. The second-order valence-corrected chi connectivity index (χ2v) is 6.10. The average Bonchev–Trinajstić information content (AvgIpc) is 2.49. The number of nitrogens with zero attached hydrogens (tertiary/aromatic N) is 1. The third-order valence-electron chi connectivity index (χ3n) is 4.08. The molecule has 6 heteroatoms. The van der Waals surface area contributed by atoms with E-state index < -0.39 is 0 Å². The fourth-order valence-corrected chi connectivity index (χ4v) is 2.70. The van der Waals surface area contributed by atoms with E-state index in [1.54, 1.807) is 7.05 Å². The normalized spacial score (nSPS) is 22.5. The van der Waals surface area contributed by atoms with E-state index in [4.69, 9.17) is 9.47 Å². The second kappa shape index (κ2) is 7.50. The first kappa shape index (κ1) is 17.3. The molecule has 1 atom stereocenters. The number of nitrogens with one attached hydrogen (secondary N) is 2. The van der Waals surface area contributed by atoms with Gasteiger partial charge < -0.3 is 20.1 Å². The average molecular weight is 417 g/mol. The number of ether oxygens (including phenoxy) is 2. The molecular formula is C16H24IN3O2. The molecule has 2 aliphatic rings. The second-order valence-electron chi connectivity index (χ2n) is 6.10. The summed E-state index contributed by atoms with van der Waals surface area (Å²) in [5.41, 5.74) is 1.43. The molecule has 1 saturated heterocycles. The fourth-order valence-electron chi connectivity index (χ4n) is 2.70. The first-order valence-electron chi connectivity index (χ1n) is 7.47. The van der Waals surface area contributed by atoms with Gasteiger partial charge in [-0.15, -0.1) is 24.0 Å². The van der Waals surface area contributed by atoms with Crippen LogP contribution in [0.5, 0.6) is 5.75 Å². The summed E-state index contributed by atoms with van der Waals surface area (Å²) in [7, 11) is 1.81. The van der Waals surface area contributed by atoms with Gasteiger partial charge in [-0.05, 0) is 6.07 Å². The van der Waals surface area contributed by atoms with Crippen LogP contribution in [-0.2, 0) is 4.74 Å². The summed E-state index contributed by atoms with van der Waals surface area (Å²) in [4.78, 5) is 4.33. The molecule has 1 aromatic rings. The van der Waals surface area contributed by atoms with E-state index in [0.29, 0.717) is 0 Å². The molecule has 0 radical (unpaired) electrons. The van der Waals surface area contributed by atoms with E-state index in [9.17, 15) is 0 Å². The van der Waals surface area contributed by atoms with Crippen molar-refractivity contribution in [2.24, 2.45) is 10.4 Å². The number of hydrogen-bond donors (Lipinski definition) is 2. The van der Waals surface area contributed by atoms with Crippen molar-refractivity contribution in [1.82, 2.24) is 10.6 Å². The molecular weight excluding hydrogens is 393 g/mol. The topological polar surface area (TPSA) is 54.9 Å². The zero-order chi connectivity index (χ0) is 14.7. The number of guanidine groups is 1. The van der Waals surface area contributed by atoms with Crippen LogP contribution in [0, 0.1) is 5.41 Å². The Morgan fingerprint density at radius 1 is 1.36 bits per heavy atom. The van der Waals surface area contributed by atoms with Gasteiger partial charge >= 0.3 is 0 Å². The van der Waals surface area contributed by atoms with Crippen LogP contribution < -0.4 is 15.4 Å². The Morgan fingerprint density at radius 2 is 2.14 bits per heavy atom. The lowest BCUT2D eigenvalue weighted by Gasteiger charge is -2.38. The van der Waals surface area contributed by atoms with Crippen molar-refractivity contribution in [3.63, 3.8) is 0 Å². The van der Waals surface area contributed by atoms with E-state index in [-0.39, 0.29) is 35.4 Å². The summed E-state index contributed by atoms with van der Waals surface area (Å²) in [5, 5.41) is 6.91. The van der Waals surface area contributed by atoms with Gasteiger partial charge in [-0.2, -0.15) is 0 Å². The van der Waals surface area contributed by atoms with Crippen molar-refractivity contribution in [2.45, 2.75) is 19.4 Å². The maximum Gasteiger partial charge on any atom is 0.191 e. The molecule has 0 aromatic heterocycles. The third kappa shape index (κ3) is 3.84. The van der Waals surface area contributed by atoms with Gasteiger partial charge in [0.05, 0.1) is 25.9 Å². The molecule has 0 saturated carbocycles. The Balaban J connectivity index is 0.00000176. The van der Waals surface area contributed by atoms with E-state index in [1.165, 1.54) is 5.56 Å². The molecule has 2 N–H and O–H groups in total. The summed E-state index contributed by atoms with van der Waals surface area (Å²) in [6, 6.07) is 8.43. The van der Waals surface area contributed by atoms with E-state index in [0.717, 1.165) is 44.5 Å². The molecule has 122 valence electrons. The van der Waals surface area contributed by atoms with Gasteiger partial charge in [-0.1, -0.05) is 25.1 Å². The highest BCUT2D eigenvalue weighted by Gasteiger charge is 2.33. The molecule has 2 heterocycles. The minimum atomic E-state index is 0. The number of aliphatic imine (C=N–C) groups is 1.